The number of rotatable bonds is 1. The van der Waals surface area contributed by atoms with Gasteiger partial charge < -0.3 is 9.84 Å². The van der Waals surface area contributed by atoms with Gasteiger partial charge >= 0.3 is 0 Å². The molecule has 1 aliphatic heterocycles. The summed E-state index contributed by atoms with van der Waals surface area (Å²) in [5.41, 5.74) is 0.490. The topological polar surface area (TPSA) is 46.5 Å². The number of hydrogen-bond acceptors (Lipinski definition) is 3. The van der Waals surface area contributed by atoms with E-state index in [1.54, 1.807) is 24.3 Å². The average Bonchev–Trinajstić information content (AvgIpc) is 2.41. The van der Waals surface area contributed by atoms with Crippen molar-refractivity contribution in [1.82, 2.24) is 0 Å². The minimum atomic E-state index is -1.82. The second-order valence-electron chi connectivity index (χ2n) is 4.67. The van der Waals surface area contributed by atoms with Gasteiger partial charge in [-0.1, -0.05) is 42.5 Å². The molecule has 1 aromatic carbocycles. The molecule has 0 amide bonds. The molecule has 1 aliphatic carbocycles. The van der Waals surface area contributed by atoms with E-state index in [0.29, 0.717) is 17.7 Å². The van der Waals surface area contributed by atoms with E-state index in [0.717, 1.165) is 6.42 Å². The normalized spacial score (nSPS) is 30.4. The number of carbonyl (C=O) groups excluding carboxylic acids is 1. The van der Waals surface area contributed by atoms with Crippen molar-refractivity contribution in [1.29, 1.82) is 0 Å². The van der Waals surface area contributed by atoms with Gasteiger partial charge in [-0.25, -0.2) is 0 Å². The van der Waals surface area contributed by atoms with Gasteiger partial charge in [0.15, 0.2) is 0 Å². The Bertz CT molecular complexity index is 530. The predicted molar refractivity (Wildman–Crippen MR) is 66.4 cm³/mol. The van der Waals surface area contributed by atoms with E-state index >= 15 is 0 Å². The van der Waals surface area contributed by atoms with Gasteiger partial charge in [0, 0.05) is 17.9 Å². The van der Waals surface area contributed by atoms with Crippen LogP contribution >= 0.6 is 0 Å². The van der Waals surface area contributed by atoms with Crippen molar-refractivity contribution in [2.75, 3.05) is 0 Å². The quantitative estimate of drug-likeness (QED) is 0.821. The molecule has 0 saturated carbocycles. The molecule has 0 spiro atoms. The number of carbonyl (C=O) groups is 1. The predicted octanol–water partition coefficient (Wildman–Crippen LogP) is 2.28. The first-order valence-corrected chi connectivity index (χ1v) is 6.07. The lowest BCUT2D eigenvalue weighted by atomic mass is 9.85. The summed E-state index contributed by atoms with van der Waals surface area (Å²) in [4.78, 5) is 12.1. The zero-order valence-electron chi connectivity index (χ0n) is 9.87. The maximum Gasteiger partial charge on any atom is 0.294 e. The monoisotopic (exact) mass is 242 g/mol. The summed E-state index contributed by atoms with van der Waals surface area (Å²) < 4.78 is 5.59. The fourth-order valence-electron chi connectivity index (χ4n) is 2.43. The standard InChI is InChI=1S/C15H14O3/c16-14-10-11-6-4-5-9-13(11)18-15(14,17)12-7-2-1-3-8-12/h1-5,7-9,11,17H,6,10H2. The smallest absolute Gasteiger partial charge is 0.294 e. The largest absolute Gasteiger partial charge is 0.455 e. The zero-order valence-corrected chi connectivity index (χ0v) is 9.87. The molecular weight excluding hydrogens is 228 g/mol. The minimum absolute atomic E-state index is 0.0755. The van der Waals surface area contributed by atoms with Gasteiger partial charge in [0.25, 0.3) is 5.79 Å². The van der Waals surface area contributed by atoms with Gasteiger partial charge in [0.2, 0.25) is 5.78 Å². The van der Waals surface area contributed by atoms with Crippen molar-refractivity contribution >= 4 is 5.78 Å². The molecule has 1 aromatic rings. The van der Waals surface area contributed by atoms with Gasteiger partial charge in [-0.3, -0.25) is 4.79 Å². The maximum atomic E-state index is 12.1. The summed E-state index contributed by atoms with van der Waals surface area (Å²) >= 11 is 0. The Morgan fingerprint density at radius 2 is 2.06 bits per heavy atom. The van der Waals surface area contributed by atoms with Gasteiger partial charge in [-0.05, 0) is 12.5 Å². The number of fused-ring (bicyclic) bond motifs is 1. The minimum Gasteiger partial charge on any atom is -0.455 e. The molecule has 0 radical (unpaired) electrons. The molecule has 92 valence electrons. The SMILES string of the molecule is O=C1CC2CC=CC=C2OC1(O)c1ccccc1. The maximum absolute atomic E-state index is 12.1. The Morgan fingerprint density at radius 1 is 1.28 bits per heavy atom. The lowest BCUT2D eigenvalue weighted by Crippen LogP contribution is -2.44. The first kappa shape index (κ1) is 11.2. The van der Waals surface area contributed by atoms with Crippen molar-refractivity contribution in [2.45, 2.75) is 18.6 Å². The molecule has 1 saturated heterocycles. The highest BCUT2D eigenvalue weighted by Gasteiger charge is 2.46. The highest BCUT2D eigenvalue weighted by molar-refractivity contribution is 5.88. The molecule has 1 heterocycles. The third-order valence-corrected chi connectivity index (χ3v) is 3.46. The van der Waals surface area contributed by atoms with E-state index in [4.69, 9.17) is 4.74 Å². The van der Waals surface area contributed by atoms with Crippen LogP contribution < -0.4 is 0 Å². The van der Waals surface area contributed by atoms with Crippen LogP contribution in [0.4, 0.5) is 0 Å². The van der Waals surface area contributed by atoms with Crippen molar-refractivity contribution in [3.05, 3.63) is 59.9 Å². The highest BCUT2D eigenvalue weighted by atomic mass is 16.6. The summed E-state index contributed by atoms with van der Waals surface area (Å²) in [5, 5.41) is 10.5. The molecule has 2 atom stereocenters. The fraction of sp³-hybridized carbons (Fsp3) is 0.267. The summed E-state index contributed by atoms with van der Waals surface area (Å²) in [6.07, 6.45) is 6.85. The van der Waals surface area contributed by atoms with Crippen LogP contribution in [0.5, 0.6) is 0 Å². The third kappa shape index (κ3) is 1.68. The van der Waals surface area contributed by atoms with E-state index in [1.807, 2.05) is 24.3 Å². The van der Waals surface area contributed by atoms with Crippen molar-refractivity contribution < 1.29 is 14.6 Å². The first-order chi connectivity index (χ1) is 8.70. The molecule has 0 bridgehead atoms. The van der Waals surface area contributed by atoms with Gasteiger partial charge in [-0.2, -0.15) is 0 Å². The van der Waals surface area contributed by atoms with Crippen LogP contribution in [0.2, 0.25) is 0 Å². The molecular formula is C15H14O3. The van der Waals surface area contributed by atoms with Crippen LogP contribution in [-0.2, 0) is 15.3 Å². The number of aliphatic hydroxyl groups is 1. The zero-order chi connectivity index (χ0) is 12.6. The molecule has 3 rings (SSSR count). The second kappa shape index (κ2) is 4.10. The summed E-state index contributed by atoms with van der Waals surface area (Å²) in [6.45, 7) is 0. The molecule has 18 heavy (non-hydrogen) atoms. The van der Waals surface area contributed by atoms with Gasteiger partial charge in [0.05, 0.1) is 0 Å². The summed E-state index contributed by atoms with van der Waals surface area (Å²) in [5.74, 6) is -1.32. The molecule has 3 nitrogen and oxygen atoms in total. The summed E-state index contributed by atoms with van der Waals surface area (Å²) in [7, 11) is 0. The lowest BCUT2D eigenvalue weighted by Gasteiger charge is -2.37. The number of Topliss-reactive ketones (excluding diaryl/α,β-unsaturated/α-hetero) is 1. The number of benzene rings is 1. The number of allylic oxidation sites excluding steroid dienone is 4. The number of ketones is 1. The number of ether oxygens (including phenoxy) is 1. The average molecular weight is 242 g/mol. The van der Waals surface area contributed by atoms with Crippen molar-refractivity contribution in [3.8, 4) is 0 Å². The van der Waals surface area contributed by atoms with Crippen LogP contribution in [0.15, 0.2) is 54.3 Å². The van der Waals surface area contributed by atoms with Crippen LogP contribution in [0, 0.1) is 5.92 Å². The molecule has 2 unspecified atom stereocenters. The third-order valence-electron chi connectivity index (χ3n) is 3.46. The fourth-order valence-corrected chi connectivity index (χ4v) is 2.43. The number of hydrogen-bond donors (Lipinski definition) is 1. The van der Waals surface area contributed by atoms with E-state index in [2.05, 4.69) is 0 Å². The molecule has 3 heteroatoms. The Kier molecular flexibility index (Phi) is 2.56. The molecule has 0 aromatic heterocycles. The first-order valence-electron chi connectivity index (χ1n) is 6.07. The van der Waals surface area contributed by atoms with Crippen LogP contribution in [0.3, 0.4) is 0 Å². The van der Waals surface area contributed by atoms with Crippen LogP contribution in [0.1, 0.15) is 18.4 Å². The molecule has 2 aliphatic rings. The van der Waals surface area contributed by atoms with Crippen molar-refractivity contribution in [3.63, 3.8) is 0 Å². The Labute approximate surface area is 105 Å². The molecule has 1 N–H and O–H groups in total. The Balaban J connectivity index is 1.99. The van der Waals surface area contributed by atoms with Gasteiger partial charge in [0.1, 0.15) is 5.76 Å². The van der Waals surface area contributed by atoms with Crippen LogP contribution in [0.25, 0.3) is 0 Å². The van der Waals surface area contributed by atoms with E-state index in [1.165, 1.54) is 0 Å². The Morgan fingerprint density at radius 3 is 2.83 bits per heavy atom. The summed E-state index contributed by atoms with van der Waals surface area (Å²) in [6, 6.07) is 8.82. The highest BCUT2D eigenvalue weighted by Crippen LogP contribution is 2.40. The van der Waals surface area contributed by atoms with E-state index in [9.17, 15) is 9.90 Å². The van der Waals surface area contributed by atoms with E-state index < -0.39 is 5.79 Å². The van der Waals surface area contributed by atoms with Crippen LogP contribution in [-0.4, -0.2) is 10.9 Å². The lowest BCUT2D eigenvalue weighted by molar-refractivity contribution is -0.209. The second-order valence-corrected chi connectivity index (χ2v) is 4.67. The Hall–Kier alpha value is -1.87. The van der Waals surface area contributed by atoms with E-state index in [-0.39, 0.29) is 11.7 Å². The van der Waals surface area contributed by atoms with Crippen molar-refractivity contribution in [2.24, 2.45) is 5.92 Å². The van der Waals surface area contributed by atoms with Gasteiger partial charge in [-0.15, -0.1) is 0 Å². The molecule has 1 fully saturated rings.